The van der Waals surface area contributed by atoms with Gasteiger partial charge in [0, 0.05) is 6.42 Å². The maximum Gasteiger partial charge on any atom is 0.309 e. The first kappa shape index (κ1) is 12.0. The van der Waals surface area contributed by atoms with Crippen LogP contribution in [-0.2, 0) is 9.53 Å². The number of hydrogen-bond acceptors (Lipinski definition) is 3. The fourth-order valence-electron chi connectivity index (χ4n) is 0.887. The molecule has 0 aliphatic heterocycles. The van der Waals surface area contributed by atoms with Gasteiger partial charge in [0.25, 0.3) is 0 Å². The van der Waals surface area contributed by atoms with Crippen molar-refractivity contribution in [3.63, 3.8) is 0 Å². The van der Waals surface area contributed by atoms with Gasteiger partial charge in [0.2, 0.25) is 0 Å². The first-order valence-electron chi connectivity index (χ1n) is 4.76. The van der Waals surface area contributed by atoms with Crippen LogP contribution in [0.25, 0.3) is 0 Å². The lowest BCUT2D eigenvalue weighted by atomic mass is 10.1. The van der Waals surface area contributed by atoms with Crippen LogP contribution in [0.5, 0.6) is 0 Å². The quantitative estimate of drug-likeness (QED) is 0.469. The molecule has 0 aliphatic rings. The molecule has 0 rings (SSSR count). The highest BCUT2D eigenvalue weighted by Crippen LogP contribution is 2.04. The number of carbonyl (C=O) groups excluding carboxylic acids is 1. The van der Waals surface area contributed by atoms with E-state index in [0.717, 1.165) is 19.3 Å². The highest BCUT2D eigenvalue weighted by Gasteiger charge is 2.12. The fourth-order valence-corrected chi connectivity index (χ4v) is 0.887. The first-order chi connectivity index (χ1) is 6.22. The summed E-state index contributed by atoms with van der Waals surface area (Å²) in [6.45, 7) is 4.30. The Morgan fingerprint density at radius 3 is 2.77 bits per heavy atom. The number of esters is 1. The van der Waals surface area contributed by atoms with Crippen molar-refractivity contribution in [1.82, 2.24) is 0 Å². The summed E-state index contributed by atoms with van der Waals surface area (Å²) in [5.41, 5.74) is 0. The van der Waals surface area contributed by atoms with Crippen molar-refractivity contribution in [2.24, 2.45) is 5.92 Å². The van der Waals surface area contributed by atoms with E-state index in [1.54, 1.807) is 6.92 Å². The molecular weight excluding hydrogens is 166 g/mol. The van der Waals surface area contributed by atoms with Gasteiger partial charge in [0.1, 0.15) is 0 Å². The van der Waals surface area contributed by atoms with Crippen LogP contribution in [0.3, 0.4) is 0 Å². The molecule has 0 N–H and O–H groups in total. The van der Waals surface area contributed by atoms with Gasteiger partial charge in [-0.25, -0.2) is 0 Å². The van der Waals surface area contributed by atoms with E-state index in [1.165, 1.54) is 0 Å². The van der Waals surface area contributed by atoms with Gasteiger partial charge < -0.3 is 4.74 Å². The van der Waals surface area contributed by atoms with Crippen LogP contribution < -0.4 is 0 Å². The minimum absolute atomic E-state index is 0.243. The average molecular weight is 183 g/mol. The lowest BCUT2D eigenvalue weighted by Crippen LogP contribution is -2.14. The Kier molecular flexibility index (Phi) is 6.99. The van der Waals surface area contributed by atoms with Crippen molar-refractivity contribution >= 4 is 5.97 Å². The summed E-state index contributed by atoms with van der Waals surface area (Å²) in [6, 6.07) is 1.95. The van der Waals surface area contributed by atoms with Crippen molar-refractivity contribution in [2.75, 3.05) is 6.61 Å². The minimum atomic E-state index is -0.286. The number of nitriles is 1. The Labute approximate surface area is 79.7 Å². The Hall–Kier alpha value is -1.04. The van der Waals surface area contributed by atoms with Gasteiger partial charge in [-0.15, -0.1) is 0 Å². The third-order valence-electron chi connectivity index (χ3n) is 1.79. The summed E-state index contributed by atoms with van der Waals surface area (Å²) in [6.07, 6.45) is 3.36. The van der Waals surface area contributed by atoms with Crippen LogP contribution in [-0.4, -0.2) is 12.6 Å². The van der Waals surface area contributed by atoms with Gasteiger partial charge in [-0.3, -0.25) is 4.79 Å². The van der Waals surface area contributed by atoms with Gasteiger partial charge in [-0.1, -0.05) is 26.7 Å². The number of carbonyl (C=O) groups is 1. The SMILES string of the molecule is CCCCCOC(=O)C(C)CC#N. The van der Waals surface area contributed by atoms with Crippen LogP contribution in [0.2, 0.25) is 0 Å². The molecule has 0 saturated heterocycles. The molecule has 3 heteroatoms. The third kappa shape index (κ3) is 6.15. The molecule has 1 atom stereocenters. The smallest absolute Gasteiger partial charge is 0.309 e. The molecule has 0 aromatic carbocycles. The fraction of sp³-hybridized carbons (Fsp3) is 0.800. The molecule has 0 radical (unpaired) electrons. The molecular formula is C10H17NO2. The molecule has 0 spiro atoms. The zero-order chi connectivity index (χ0) is 10.1. The molecule has 0 fully saturated rings. The van der Waals surface area contributed by atoms with E-state index in [4.69, 9.17) is 10.00 Å². The van der Waals surface area contributed by atoms with Gasteiger partial charge in [-0.2, -0.15) is 5.26 Å². The van der Waals surface area contributed by atoms with Crippen LogP contribution in [0.15, 0.2) is 0 Å². The summed E-state index contributed by atoms with van der Waals surface area (Å²) in [5.74, 6) is -0.538. The number of rotatable bonds is 6. The molecule has 0 aliphatic carbocycles. The second-order valence-corrected chi connectivity index (χ2v) is 3.14. The summed E-state index contributed by atoms with van der Waals surface area (Å²) in [4.78, 5) is 11.1. The highest BCUT2D eigenvalue weighted by atomic mass is 16.5. The molecule has 3 nitrogen and oxygen atoms in total. The molecule has 0 aromatic heterocycles. The second kappa shape index (κ2) is 7.60. The van der Waals surface area contributed by atoms with Crippen LogP contribution in [0.4, 0.5) is 0 Å². The molecule has 0 heterocycles. The zero-order valence-electron chi connectivity index (χ0n) is 8.38. The van der Waals surface area contributed by atoms with Gasteiger partial charge in [0.05, 0.1) is 18.6 Å². The monoisotopic (exact) mass is 183 g/mol. The maximum absolute atomic E-state index is 11.1. The lowest BCUT2D eigenvalue weighted by molar-refractivity contribution is -0.147. The Morgan fingerprint density at radius 2 is 2.23 bits per heavy atom. The van der Waals surface area contributed by atoms with Crippen molar-refractivity contribution in [3.8, 4) is 6.07 Å². The van der Waals surface area contributed by atoms with Gasteiger partial charge in [-0.05, 0) is 6.42 Å². The first-order valence-corrected chi connectivity index (χ1v) is 4.76. The molecule has 74 valence electrons. The van der Waals surface area contributed by atoms with E-state index in [-0.39, 0.29) is 18.3 Å². The summed E-state index contributed by atoms with van der Waals surface area (Å²) in [7, 11) is 0. The Balaban J connectivity index is 3.45. The second-order valence-electron chi connectivity index (χ2n) is 3.14. The van der Waals surface area contributed by atoms with Crippen LogP contribution in [0.1, 0.15) is 39.5 Å². The average Bonchev–Trinajstić information content (AvgIpc) is 2.12. The van der Waals surface area contributed by atoms with E-state index in [0.29, 0.717) is 6.61 Å². The lowest BCUT2D eigenvalue weighted by Gasteiger charge is -2.07. The highest BCUT2D eigenvalue weighted by molar-refractivity contribution is 5.72. The van der Waals surface area contributed by atoms with E-state index in [1.807, 2.05) is 6.07 Å². The third-order valence-corrected chi connectivity index (χ3v) is 1.79. The summed E-state index contributed by atoms with van der Waals surface area (Å²) >= 11 is 0. The van der Waals surface area contributed by atoms with Crippen molar-refractivity contribution in [2.45, 2.75) is 39.5 Å². The molecule has 0 bridgehead atoms. The number of unbranched alkanes of at least 4 members (excludes halogenated alkanes) is 2. The maximum atomic E-state index is 11.1. The van der Waals surface area contributed by atoms with Gasteiger partial charge >= 0.3 is 5.97 Å². The van der Waals surface area contributed by atoms with Crippen LogP contribution in [0, 0.1) is 17.2 Å². The Bertz CT molecular complexity index is 184. The number of nitrogens with zero attached hydrogens (tertiary/aromatic N) is 1. The standard InChI is InChI=1S/C10H17NO2/c1-3-4-5-8-13-10(12)9(2)6-7-11/h9H,3-6,8H2,1-2H3. The molecule has 13 heavy (non-hydrogen) atoms. The molecule has 0 amide bonds. The van der Waals surface area contributed by atoms with E-state index in [2.05, 4.69) is 6.92 Å². The van der Waals surface area contributed by atoms with E-state index < -0.39 is 0 Å². The number of hydrogen-bond donors (Lipinski definition) is 0. The summed E-state index contributed by atoms with van der Waals surface area (Å²) in [5, 5.41) is 8.34. The molecule has 1 unspecified atom stereocenters. The predicted octanol–water partition coefficient (Wildman–Crippen LogP) is 2.27. The minimum Gasteiger partial charge on any atom is -0.465 e. The van der Waals surface area contributed by atoms with E-state index >= 15 is 0 Å². The zero-order valence-corrected chi connectivity index (χ0v) is 8.38. The van der Waals surface area contributed by atoms with Crippen molar-refractivity contribution < 1.29 is 9.53 Å². The topological polar surface area (TPSA) is 50.1 Å². The van der Waals surface area contributed by atoms with Crippen LogP contribution >= 0.6 is 0 Å². The van der Waals surface area contributed by atoms with Crippen molar-refractivity contribution in [1.29, 1.82) is 5.26 Å². The van der Waals surface area contributed by atoms with Crippen molar-refractivity contribution in [3.05, 3.63) is 0 Å². The van der Waals surface area contributed by atoms with Gasteiger partial charge in [0.15, 0.2) is 0 Å². The van der Waals surface area contributed by atoms with E-state index in [9.17, 15) is 4.79 Å². The summed E-state index contributed by atoms with van der Waals surface area (Å²) < 4.78 is 4.97. The Morgan fingerprint density at radius 1 is 1.54 bits per heavy atom. The molecule has 0 saturated carbocycles. The molecule has 0 aromatic rings. The largest absolute Gasteiger partial charge is 0.465 e. The predicted molar refractivity (Wildman–Crippen MR) is 49.9 cm³/mol. The normalized spacial score (nSPS) is 11.8. The number of ether oxygens (including phenoxy) is 1.